The van der Waals surface area contributed by atoms with Crippen LogP contribution in [0, 0.1) is 0 Å². The number of likely N-dealkylation sites (N-methyl/N-ethyl adjacent to an activating group) is 1. The van der Waals surface area contributed by atoms with Gasteiger partial charge in [0, 0.05) is 0 Å². The van der Waals surface area contributed by atoms with Crippen molar-refractivity contribution in [1.82, 2.24) is 5.32 Å². The van der Waals surface area contributed by atoms with Crippen LogP contribution in [0.3, 0.4) is 0 Å². The standard InChI is InChI=1S/C16H21NO2/c1-17-15(14-8-4-5-10-18-14)16-13-7-3-2-6-12(13)9-11-19-16/h2-3,6-8,15-17H,4-5,9-11H2,1H3. The van der Waals surface area contributed by atoms with Crippen molar-refractivity contribution < 1.29 is 9.47 Å². The van der Waals surface area contributed by atoms with Gasteiger partial charge in [0.15, 0.2) is 0 Å². The number of hydrogen-bond donors (Lipinski definition) is 1. The van der Waals surface area contributed by atoms with Gasteiger partial charge in [-0.05, 0) is 43.5 Å². The second-order valence-electron chi connectivity index (χ2n) is 5.10. The maximum absolute atomic E-state index is 6.03. The van der Waals surface area contributed by atoms with Gasteiger partial charge in [-0.25, -0.2) is 0 Å². The second-order valence-corrected chi connectivity index (χ2v) is 5.10. The number of benzene rings is 1. The van der Waals surface area contributed by atoms with Gasteiger partial charge in [0.05, 0.1) is 19.3 Å². The van der Waals surface area contributed by atoms with Gasteiger partial charge in [0.2, 0.25) is 0 Å². The molecule has 1 N–H and O–H groups in total. The van der Waals surface area contributed by atoms with Crippen LogP contribution in [0.4, 0.5) is 0 Å². The van der Waals surface area contributed by atoms with E-state index in [1.807, 2.05) is 7.05 Å². The van der Waals surface area contributed by atoms with Crippen molar-refractivity contribution in [2.75, 3.05) is 20.3 Å². The Kier molecular flexibility index (Phi) is 3.85. The molecule has 102 valence electrons. The molecule has 0 bridgehead atoms. The number of rotatable bonds is 3. The zero-order chi connectivity index (χ0) is 13.1. The molecule has 0 aromatic heterocycles. The fourth-order valence-electron chi connectivity index (χ4n) is 2.94. The molecule has 0 amide bonds. The summed E-state index contributed by atoms with van der Waals surface area (Å²) in [6.45, 7) is 1.60. The SMILES string of the molecule is CNC(C1=CCCCO1)C1OCCc2ccccc21. The first-order chi connectivity index (χ1) is 9.40. The van der Waals surface area contributed by atoms with Gasteiger partial charge in [0.25, 0.3) is 0 Å². The zero-order valence-corrected chi connectivity index (χ0v) is 11.4. The third-order valence-corrected chi connectivity index (χ3v) is 3.91. The molecule has 3 rings (SSSR count). The van der Waals surface area contributed by atoms with Crippen LogP contribution in [-0.2, 0) is 15.9 Å². The molecule has 19 heavy (non-hydrogen) atoms. The number of ether oxygens (including phenoxy) is 2. The van der Waals surface area contributed by atoms with Gasteiger partial charge in [-0.15, -0.1) is 0 Å². The van der Waals surface area contributed by atoms with Crippen LogP contribution in [-0.4, -0.2) is 26.3 Å². The molecule has 3 nitrogen and oxygen atoms in total. The maximum Gasteiger partial charge on any atom is 0.112 e. The third-order valence-electron chi connectivity index (χ3n) is 3.91. The molecule has 3 heteroatoms. The lowest BCUT2D eigenvalue weighted by molar-refractivity contribution is 0.00806. The quantitative estimate of drug-likeness (QED) is 0.905. The van der Waals surface area contributed by atoms with Gasteiger partial charge in [-0.1, -0.05) is 24.3 Å². The fourth-order valence-corrected chi connectivity index (χ4v) is 2.94. The highest BCUT2D eigenvalue weighted by Gasteiger charge is 2.31. The van der Waals surface area contributed by atoms with E-state index in [9.17, 15) is 0 Å². The average molecular weight is 259 g/mol. The van der Waals surface area contributed by atoms with Gasteiger partial charge in [-0.3, -0.25) is 0 Å². The summed E-state index contributed by atoms with van der Waals surface area (Å²) < 4.78 is 11.8. The third kappa shape index (κ3) is 2.53. The van der Waals surface area contributed by atoms with Crippen LogP contribution < -0.4 is 5.32 Å². The van der Waals surface area contributed by atoms with Crippen LogP contribution in [0.1, 0.15) is 30.1 Å². The molecule has 0 fully saturated rings. The Morgan fingerprint density at radius 3 is 2.95 bits per heavy atom. The van der Waals surface area contributed by atoms with E-state index in [0.29, 0.717) is 0 Å². The van der Waals surface area contributed by atoms with E-state index in [1.54, 1.807) is 0 Å². The van der Waals surface area contributed by atoms with Gasteiger partial charge in [-0.2, -0.15) is 0 Å². The Labute approximate surface area is 114 Å². The summed E-state index contributed by atoms with van der Waals surface area (Å²) in [5.74, 6) is 1.04. The van der Waals surface area contributed by atoms with Crippen LogP contribution in [0.25, 0.3) is 0 Å². The Morgan fingerprint density at radius 2 is 2.16 bits per heavy atom. The van der Waals surface area contributed by atoms with E-state index >= 15 is 0 Å². The van der Waals surface area contributed by atoms with E-state index in [1.165, 1.54) is 11.1 Å². The molecule has 1 aromatic carbocycles. The van der Waals surface area contributed by atoms with Crippen LogP contribution >= 0.6 is 0 Å². The summed E-state index contributed by atoms with van der Waals surface area (Å²) >= 11 is 0. The van der Waals surface area contributed by atoms with Crippen molar-refractivity contribution in [2.24, 2.45) is 0 Å². The lowest BCUT2D eigenvalue weighted by Gasteiger charge is -2.34. The molecule has 2 aliphatic heterocycles. The predicted octanol–water partition coefficient (Wildman–Crippen LogP) is 2.58. The summed E-state index contributed by atoms with van der Waals surface area (Å²) in [5.41, 5.74) is 2.69. The van der Waals surface area contributed by atoms with Crippen molar-refractivity contribution in [3.8, 4) is 0 Å². The lowest BCUT2D eigenvalue weighted by Crippen LogP contribution is -2.39. The average Bonchev–Trinajstić information content (AvgIpc) is 2.49. The molecule has 0 saturated carbocycles. The molecule has 0 saturated heterocycles. The van der Waals surface area contributed by atoms with Gasteiger partial charge in [0.1, 0.15) is 11.9 Å². The van der Waals surface area contributed by atoms with Crippen molar-refractivity contribution in [2.45, 2.75) is 31.4 Å². The first kappa shape index (κ1) is 12.7. The molecule has 2 aliphatic rings. The van der Waals surface area contributed by atoms with E-state index in [4.69, 9.17) is 9.47 Å². The smallest absolute Gasteiger partial charge is 0.112 e. The topological polar surface area (TPSA) is 30.5 Å². The number of nitrogens with one attached hydrogen (secondary N) is 1. The summed E-state index contributed by atoms with van der Waals surface area (Å²) in [4.78, 5) is 0. The lowest BCUT2D eigenvalue weighted by atomic mass is 9.92. The maximum atomic E-state index is 6.03. The number of allylic oxidation sites excluding steroid dienone is 1. The molecule has 2 atom stereocenters. The van der Waals surface area contributed by atoms with E-state index in [2.05, 4.69) is 35.7 Å². The van der Waals surface area contributed by atoms with Crippen molar-refractivity contribution in [3.05, 3.63) is 47.2 Å². The van der Waals surface area contributed by atoms with Crippen LogP contribution in [0.15, 0.2) is 36.1 Å². The molecule has 1 aromatic rings. The Morgan fingerprint density at radius 1 is 1.26 bits per heavy atom. The summed E-state index contributed by atoms with van der Waals surface area (Å²) in [7, 11) is 1.98. The first-order valence-corrected chi connectivity index (χ1v) is 7.09. The van der Waals surface area contributed by atoms with Crippen molar-refractivity contribution >= 4 is 0 Å². The van der Waals surface area contributed by atoms with Crippen molar-refractivity contribution in [1.29, 1.82) is 0 Å². The molecule has 0 spiro atoms. The predicted molar refractivity (Wildman–Crippen MR) is 75.0 cm³/mol. The van der Waals surface area contributed by atoms with E-state index in [0.717, 1.165) is 38.2 Å². The van der Waals surface area contributed by atoms with E-state index in [-0.39, 0.29) is 12.1 Å². The Hall–Kier alpha value is -1.32. The Bertz CT molecular complexity index is 470. The largest absolute Gasteiger partial charge is 0.496 e. The summed E-state index contributed by atoms with van der Waals surface area (Å²) in [6.07, 6.45) is 5.47. The molecule has 2 unspecified atom stereocenters. The second kappa shape index (κ2) is 5.76. The van der Waals surface area contributed by atoms with Gasteiger partial charge < -0.3 is 14.8 Å². The highest BCUT2D eigenvalue weighted by molar-refractivity contribution is 5.33. The highest BCUT2D eigenvalue weighted by Crippen LogP contribution is 2.33. The summed E-state index contributed by atoms with van der Waals surface area (Å²) in [6, 6.07) is 8.68. The number of hydrogen-bond acceptors (Lipinski definition) is 3. The molecular formula is C16H21NO2. The summed E-state index contributed by atoms with van der Waals surface area (Å²) in [5, 5.41) is 3.36. The van der Waals surface area contributed by atoms with Crippen LogP contribution in [0.5, 0.6) is 0 Å². The highest BCUT2D eigenvalue weighted by atomic mass is 16.5. The van der Waals surface area contributed by atoms with E-state index < -0.39 is 0 Å². The molecule has 0 radical (unpaired) electrons. The molecular weight excluding hydrogens is 238 g/mol. The van der Waals surface area contributed by atoms with Crippen molar-refractivity contribution in [3.63, 3.8) is 0 Å². The fraction of sp³-hybridized carbons (Fsp3) is 0.500. The number of fused-ring (bicyclic) bond motifs is 1. The Balaban J connectivity index is 1.90. The van der Waals surface area contributed by atoms with Gasteiger partial charge >= 0.3 is 0 Å². The first-order valence-electron chi connectivity index (χ1n) is 7.09. The normalized spacial score (nSPS) is 24.1. The minimum atomic E-state index is 0.0549. The zero-order valence-electron chi connectivity index (χ0n) is 11.4. The van der Waals surface area contributed by atoms with Crippen LogP contribution in [0.2, 0.25) is 0 Å². The minimum Gasteiger partial charge on any atom is -0.496 e. The molecule has 0 aliphatic carbocycles. The minimum absolute atomic E-state index is 0.0549. The monoisotopic (exact) mass is 259 g/mol. The molecule has 2 heterocycles.